The number of carbonyl (C=O) groups excluding carboxylic acids is 2. The second-order valence-corrected chi connectivity index (χ2v) is 11.5. The van der Waals surface area contributed by atoms with Crippen LogP contribution in [0.5, 0.6) is 11.6 Å². The van der Waals surface area contributed by atoms with Crippen LogP contribution in [0.3, 0.4) is 0 Å². The van der Waals surface area contributed by atoms with E-state index in [-0.39, 0.29) is 23.8 Å². The molecule has 0 radical (unpaired) electrons. The largest absolute Gasteiger partial charge is 0.439 e. The maximum Gasteiger partial charge on any atom is 0.254 e. The van der Waals surface area contributed by atoms with Gasteiger partial charge in [0, 0.05) is 54.6 Å². The minimum Gasteiger partial charge on any atom is -0.439 e. The normalized spacial score (nSPS) is 18.5. The molecule has 0 aliphatic carbocycles. The minimum absolute atomic E-state index is 0.0279. The lowest BCUT2D eigenvalue weighted by Crippen LogP contribution is -2.48. The summed E-state index contributed by atoms with van der Waals surface area (Å²) in [7, 11) is 0. The van der Waals surface area contributed by atoms with Gasteiger partial charge in [-0.05, 0) is 67.3 Å². The van der Waals surface area contributed by atoms with Crippen LogP contribution in [0.25, 0.3) is 21.7 Å². The van der Waals surface area contributed by atoms with E-state index in [9.17, 15) is 9.59 Å². The molecule has 5 heterocycles. The summed E-state index contributed by atoms with van der Waals surface area (Å²) in [6.45, 7) is 1.78. The first-order valence-corrected chi connectivity index (χ1v) is 14.6. The number of likely N-dealkylation sites (tertiary alicyclic amines) is 2. The van der Waals surface area contributed by atoms with E-state index >= 15 is 0 Å². The number of aromatic nitrogens is 3. The SMILES string of the molecule is O=C(c1ccc2c(-c3nccs3)noc2c1)N1C[C@H]2CCCN(C(=O)c3ccc(Oc4ccc(Cl)cn4)cc3)[C@H]2C1. The first-order valence-electron chi connectivity index (χ1n) is 13.3. The molecule has 2 fully saturated rings. The van der Waals surface area contributed by atoms with Crippen LogP contribution >= 0.6 is 22.9 Å². The highest BCUT2D eigenvalue weighted by molar-refractivity contribution is 7.13. The third-order valence-corrected chi connectivity index (χ3v) is 8.71. The summed E-state index contributed by atoms with van der Waals surface area (Å²) in [5, 5.41) is 8.19. The highest BCUT2D eigenvalue weighted by atomic mass is 35.5. The average molecular weight is 586 g/mol. The Morgan fingerprint density at radius 1 is 1.00 bits per heavy atom. The van der Waals surface area contributed by atoms with Gasteiger partial charge in [-0.2, -0.15) is 0 Å². The number of ether oxygens (including phenoxy) is 1. The van der Waals surface area contributed by atoms with Crippen LogP contribution in [0.15, 0.2) is 76.9 Å². The quantitative estimate of drug-likeness (QED) is 0.243. The van der Waals surface area contributed by atoms with Gasteiger partial charge in [0.1, 0.15) is 16.5 Å². The Labute approximate surface area is 244 Å². The molecule has 2 aliphatic heterocycles. The summed E-state index contributed by atoms with van der Waals surface area (Å²) in [6, 6.07) is 15.8. The van der Waals surface area contributed by atoms with E-state index in [1.165, 1.54) is 17.5 Å². The van der Waals surface area contributed by atoms with E-state index in [2.05, 4.69) is 15.1 Å². The van der Waals surface area contributed by atoms with Gasteiger partial charge in [-0.25, -0.2) is 9.97 Å². The van der Waals surface area contributed by atoms with Gasteiger partial charge >= 0.3 is 0 Å². The number of rotatable bonds is 5. The fourth-order valence-corrected chi connectivity index (χ4v) is 6.46. The molecule has 9 nitrogen and oxygen atoms in total. The van der Waals surface area contributed by atoms with Crippen molar-refractivity contribution in [3.05, 3.63) is 88.5 Å². The zero-order valence-electron chi connectivity index (χ0n) is 21.8. The van der Waals surface area contributed by atoms with Crippen LogP contribution in [0, 0.1) is 5.92 Å². The average Bonchev–Trinajstić information content (AvgIpc) is 3.77. The molecular weight excluding hydrogens is 562 g/mol. The monoisotopic (exact) mass is 585 g/mol. The lowest BCUT2D eigenvalue weighted by atomic mass is 9.91. The molecule has 2 aliphatic rings. The highest BCUT2D eigenvalue weighted by Gasteiger charge is 2.42. The molecule has 2 amide bonds. The van der Waals surface area contributed by atoms with Crippen LogP contribution in [0.1, 0.15) is 33.6 Å². The number of thiazole rings is 1. The Morgan fingerprint density at radius 3 is 2.63 bits per heavy atom. The van der Waals surface area contributed by atoms with Crippen LogP contribution in [0.4, 0.5) is 0 Å². The van der Waals surface area contributed by atoms with Gasteiger partial charge in [-0.3, -0.25) is 9.59 Å². The molecular formula is C30H24ClN5O4S. The number of halogens is 1. The number of piperidine rings is 1. The Hall–Kier alpha value is -4.28. The van der Waals surface area contributed by atoms with Gasteiger partial charge in [-0.15, -0.1) is 11.3 Å². The zero-order valence-corrected chi connectivity index (χ0v) is 23.3. The van der Waals surface area contributed by atoms with Crippen LogP contribution in [-0.2, 0) is 0 Å². The molecule has 2 saturated heterocycles. The van der Waals surface area contributed by atoms with E-state index in [1.54, 1.807) is 48.7 Å². The standard InChI is InChI=1S/C30H24ClN5O4S/c31-21-6-10-26(33-15-21)39-22-7-3-18(4-8-22)30(38)36-12-1-2-20-16-35(17-24(20)36)29(37)19-5-9-23-25(14-19)40-34-27(23)28-32-11-13-41-28/h3-11,13-15,20,24H,1-2,12,16-17H2/t20-,24+/m1/s1. The van der Waals surface area contributed by atoms with Crippen molar-refractivity contribution in [2.45, 2.75) is 18.9 Å². The van der Waals surface area contributed by atoms with Crippen LogP contribution in [0.2, 0.25) is 5.02 Å². The first kappa shape index (κ1) is 25.7. The Morgan fingerprint density at radius 2 is 1.85 bits per heavy atom. The summed E-state index contributed by atoms with van der Waals surface area (Å²) in [5.74, 6) is 1.13. The highest BCUT2D eigenvalue weighted by Crippen LogP contribution is 2.34. The fourth-order valence-electron chi connectivity index (χ4n) is 5.72. The lowest BCUT2D eigenvalue weighted by Gasteiger charge is -2.36. The van der Waals surface area contributed by atoms with Gasteiger partial charge in [0.05, 0.1) is 16.5 Å². The molecule has 7 rings (SSSR count). The fraction of sp³-hybridized carbons (Fsp3) is 0.233. The second-order valence-electron chi connectivity index (χ2n) is 10.2. The predicted molar refractivity (Wildman–Crippen MR) is 154 cm³/mol. The number of pyridine rings is 1. The molecule has 5 aromatic rings. The summed E-state index contributed by atoms with van der Waals surface area (Å²) in [4.78, 5) is 39.4. The molecule has 0 spiro atoms. The Balaban J connectivity index is 1.05. The van der Waals surface area contributed by atoms with Gasteiger partial charge in [0.25, 0.3) is 11.8 Å². The Bertz CT molecular complexity index is 1720. The summed E-state index contributed by atoms with van der Waals surface area (Å²) < 4.78 is 11.3. The second kappa shape index (κ2) is 10.6. The summed E-state index contributed by atoms with van der Waals surface area (Å²) in [6.07, 6.45) is 5.13. The molecule has 0 bridgehead atoms. The molecule has 2 aromatic carbocycles. The van der Waals surface area contributed by atoms with Crippen molar-refractivity contribution in [2.75, 3.05) is 19.6 Å². The van der Waals surface area contributed by atoms with Crippen molar-refractivity contribution in [2.24, 2.45) is 5.92 Å². The van der Waals surface area contributed by atoms with E-state index in [0.717, 1.165) is 23.2 Å². The maximum atomic E-state index is 13.6. The molecule has 41 heavy (non-hydrogen) atoms. The molecule has 0 N–H and O–H groups in total. The predicted octanol–water partition coefficient (Wildman–Crippen LogP) is 6.17. The van der Waals surface area contributed by atoms with Gasteiger partial charge in [0.2, 0.25) is 5.88 Å². The van der Waals surface area contributed by atoms with Gasteiger partial charge in [0.15, 0.2) is 5.58 Å². The number of amides is 2. The number of hydrogen-bond acceptors (Lipinski definition) is 8. The molecule has 2 atom stereocenters. The number of carbonyl (C=O) groups is 2. The van der Waals surface area contributed by atoms with E-state index in [4.69, 9.17) is 20.9 Å². The zero-order chi connectivity index (χ0) is 27.9. The van der Waals surface area contributed by atoms with Crippen LogP contribution in [-0.4, -0.2) is 62.4 Å². The number of hydrogen-bond donors (Lipinski definition) is 0. The minimum atomic E-state index is -0.0711. The summed E-state index contributed by atoms with van der Waals surface area (Å²) >= 11 is 7.37. The van der Waals surface area contributed by atoms with Crippen molar-refractivity contribution in [1.29, 1.82) is 0 Å². The maximum absolute atomic E-state index is 13.6. The molecule has 0 unspecified atom stereocenters. The summed E-state index contributed by atoms with van der Waals surface area (Å²) in [5.41, 5.74) is 2.35. The van der Waals surface area contributed by atoms with E-state index < -0.39 is 0 Å². The van der Waals surface area contributed by atoms with Gasteiger partial charge in [-0.1, -0.05) is 16.8 Å². The van der Waals surface area contributed by atoms with Gasteiger partial charge < -0.3 is 19.1 Å². The molecule has 3 aromatic heterocycles. The van der Waals surface area contributed by atoms with E-state index in [1.807, 2.05) is 27.3 Å². The number of benzene rings is 2. The third-order valence-electron chi connectivity index (χ3n) is 7.71. The van der Waals surface area contributed by atoms with Crippen LogP contribution < -0.4 is 4.74 Å². The van der Waals surface area contributed by atoms with E-state index in [0.29, 0.717) is 58.7 Å². The van der Waals surface area contributed by atoms with Crippen molar-refractivity contribution in [3.8, 4) is 22.3 Å². The topological polar surface area (TPSA) is 102 Å². The van der Waals surface area contributed by atoms with Crippen molar-refractivity contribution < 1.29 is 18.8 Å². The Kier molecular flexibility index (Phi) is 6.64. The first-order chi connectivity index (χ1) is 20.0. The molecule has 11 heteroatoms. The molecule has 0 saturated carbocycles. The number of fused-ring (bicyclic) bond motifs is 2. The number of nitrogens with zero attached hydrogens (tertiary/aromatic N) is 5. The van der Waals surface area contributed by atoms with Crippen molar-refractivity contribution in [1.82, 2.24) is 24.9 Å². The van der Waals surface area contributed by atoms with Crippen molar-refractivity contribution >= 4 is 45.7 Å². The lowest BCUT2D eigenvalue weighted by molar-refractivity contribution is 0.0564. The smallest absolute Gasteiger partial charge is 0.254 e. The molecule has 206 valence electrons. The van der Waals surface area contributed by atoms with Crippen molar-refractivity contribution in [3.63, 3.8) is 0 Å². The third kappa shape index (κ3) is 4.93.